The average Bonchev–Trinajstić information content (AvgIpc) is 2.76. The molecule has 0 bridgehead atoms. The van der Waals surface area contributed by atoms with E-state index in [-0.39, 0.29) is 5.56 Å². The topological polar surface area (TPSA) is 75.2 Å². The Hall–Kier alpha value is -1.95. The number of hydrogen-bond donors (Lipinski definition) is 2. The molecule has 0 amide bonds. The molecule has 2 heterocycles. The first kappa shape index (κ1) is 9.29. The third-order valence-corrected chi connectivity index (χ3v) is 3.07. The van der Waals surface area contributed by atoms with Crippen molar-refractivity contribution < 1.29 is 14.1 Å². The number of H-pyrrole nitrogens is 1. The first-order chi connectivity index (χ1) is 7.75. The van der Waals surface area contributed by atoms with E-state index in [1.165, 1.54) is 18.1 Å². The number of nitrogens with zero attached hydrogens (tertiary/aromatic N) is 1. The van der Waals surface area contributed by atoms with Gasteiger partial charge in [0, 0.05) is 5.56 Å². The molecule has 6 heteroatoms. The van der Waals surface area contributed by atoms with Gasteiger partial charge in [0.05, 0.1) is 34.4 Å². The Morgan fingerprint density at radius 3 is 3.19 bits per heavy atom. The molecule has 1 aliphatic rings. The van der Waals surface area contributed by atoms with Crippen LogP contribution in [0.2, 0.25) is 0 Å². The number of rotatable bonds is 1. The van der Waals surface area contributed by atoms with Gasteiger partial charge in [0.25, 0.3) is 0 Å². The van der Waals surface area contributed by atoms with E-state index in [2.05, 4.69) is 10.2 Å². The van der Waals surface area contributed by atoms with Crippen molar-refractivity contribution in [2.75, 3.05) is 0 Å². The Balaban J connectivity index is 2.22. The maximum atomic E-state index is 10.9. The Bertz CT molecular complexity index is 579. The van der Waals surface area contributed by atoms with Crippen LogP contribution in [0.25, 0.3) is 11.3 Å². The zero-order valence-corrected chi connectivity index (χ0v) is 8.75. The molecule has 0 radical (unpaired) electrons. The minimum absolute atomic E-state index is 0.231. The molecule has 1 aliphatic heterocycles. The van der Waals surface area contributed by atoms with E-state index < -0.39 is 5.97 Å². The third kappa shape index (κ3) is 1.27. The van der Waals surface area contributed by atoms with Crippen LogP contribution in [0.4, 0.5) is 0 Å². The van der Waals surface area contributed by atoms with Crippen molar-refractivity contribution in [1.82, 2.24) is 10.2 Å². The quantitative estimate of drug-likeness (QED) is 0.739. The van der Waals surface area contributed by atoms with E-state index in [1.54, 1.807) is 18.3 Å². The van der Waals surface area contributed by atoms with Gasteiger partial charge in [-0.1, -0.05) is 0 Å². The smallest absolute Gasteiger partial charge is 0.335 e. The number of aromatic carboxylic acids is 1. The number of carboxylic acids is 1. The SMILES string of the molecule is O=C(O)c1ccc2c(c1)-c1[nH]ncc1SO2. The molecule has 3 rings (SSSR count). The molecule has 0 saturated heterocycles. The lowest BCUT2D eigenvalue weighted by atomic mass is 10.1. The minimum atomic E-state index is -0.956. The van der Waals surface area contributed by atoms with Crippen molar-refractivity contribution in [3.05, 3.63) is 30.0 Å². The molecule has 0 atom stereocenters. The third-order valence-electron chi connectivity index (χ3n) is 2.32. The molecule has 80 valence electrons. The molecule has 1 aromatic heterocycles. The summed E-state index contributed by atoms with van der Waals surface area (Å²) in [5.41, 5.74) is 1.76. The second-order valence-corrected chi connectivity index (χ2v) is 4.07. The van der Waals surface area contributed by atoms with Gasteiger partial charge in [0.1, 0.15) is 5.75 Å². The van der Waals surface area contributed by atoms with Gasteiger partial charge in [-0.05, 0) is 18.2 Å². The number of fused-ring (bicyclic) bond motifs is 3. The van der Waals surface area contributed by atoms with Crippen LogP contribution >= 0.6 is 12.0 Å². The zero-order chi connectivity index (χ0) is 11.1. The lowest BCUT2D eigenvalue weighted by Crippen LogP contribution is -2.00. The summed E-state index contributed by atoms with van der Waals surface area (Å²) in [6, 6.07) is 4.74. The number of carboxylic acid groups (broad SMARTS) is 1. The second-order valence-electron chi connectivity index (χ2n) is 3.29. The van der Waals surface area contributed by atoms with Crippen LogP contribution in [0.1, 0.15) is 10.4 Å². The summed E-state index contributed by atoms with van der Waals surface area (Å²) in [5, 5.41) is 15.7. The maximum Gasteiger partial charge on any atom is 0.335 e. The molecule has 0 aliphatic carbocycles. The van der Waals surface area contributed by atoms with Crippen LogP contribution in [0.3, 0.4) is 0 Å². The summed E-state index contributed by atoms with van der Waals surface area (Å²) in [7, 11) is 0. The van der Waals surface area contributed by atoms with E-state index in [0.717, 1.165) is 16.2 Å². The highest BCUT2D eigenvalue weighted by Crippen LogP contribution is 2.42. The summed E-state index contributed by atoms with van der Waals surface area (Å²) in [6.45, 7) is 0. The largest absolute Gasteiger partial charge is 0.478 e. The second kappa shape index (κ2) is 3.28. The number of aromatic nitrogens is 2. The lowest BCUT2D eigenvalue weighted by molar-refractivity contribution is 0.0697. The molecule has 5 nitrogen and oxygen atoms in total. The lowest BCUT2D eigenvalue weighted by Gasteiger charge is -2.15. The highest BCUT2D eigenvalue weighted by atomic mass is 32.2. The summed E-state index contributed by atoms with van der Waals surface area (Å²) < 4.78 is 5.41. The highest BCUT2D eigenvalue weighted by Gasteiger charge is 2.21. The standard InChI is InChI=1S/C10H6N2O3S/c13-10(14)5-1-2-7-6(3-5)9-8(16-15-7)4-11-12-9/h1-4H,(H,11,12)(H,13,14). The normalized spacial score (nSPS) is 12.5. The van der Waals surface area contributed by atoms with Crippen LogP contribution in [-0.2, 0) is 0 Å². The van der Waals surface area contributed by atoms with Crippen LogP contribution in [0.5, 0.6) is 5.75 Å². The van der Waals surface area contributed by atoms with Crippen LogP contribution in [0, 0.1) is 0 Å². The van der Waals surface area contributed by atoms with Gasteiger partial charge in [-0.25, -0.2) is 4.79 Å². The first-order valence-corrected chi connectivity index (χ1v) is 5.25. The van der Waals surface area contributed by atoms with Gasteiger partial charge in [-0.15, -0.1) is 0 Å². The molecule has 2 N–H and O–H groups in total. The number of benzene rings is 1. The van der Waals surface area contributed by atoms with Gasteiger partial charge in [-0.3, -0.25) is 5.10 Å². The summed E-state index contributed by atoms with van der Waals surface area (Å²) >= 11 is 1.21. The molecule has 0 saturated carbocycles. The van der Waals surface area contributed by atoms with Gasteiger partial charge in [0.2, 0.25) is 0 Å². The van der Waals surface area contributed by atoms with Crippen LogP contribution in [0.15, 0.2) is 29.3 Å². The fourth-order valence-corrected chi connectivity index (χ4v) is 2.21. The van der Waals surface area contributed by atoms with E-state index in [1.807, 2.05) is 0 Å². The van der Waals surface area contributed by atoms with Gasteiger partial charge >= 0.3 is 5.97 Å². The average molecular weight is 234 g/mol. The molecule has 16 heavy (non-hydrogen) atoms. The number of aromatic amines is 1. The van der Waals surface area contributed by atoms with E-state index in [0.29, 0.717) is 5.75 Å². The van der Waals surface area contributed by atoms with Gasteiger partial charge in [-0.2, -0.15) is 5.10 Å². The minimum Gasteiger partial charge on any atom is -0.478 e. The van der Waals surface area contributed by atoms with Gasteiger partial charge in [0.15, 0.2) is 0 Å². The molecule has 0 unspecified atom stereocenters. The maximum absolute atomic E-state index is 10.9. The summed E-state index contributed by atoms with van der Waals surface area (Å²) in [6.07, 6.45) is 1.65. The highest BCUT2D eigenvalue weighted by molar-refractivity contribution is 7.95. The fraction of sp³-hybridized carbons (Fsp3) is 0. The molecular weight excluding hydrogens is 228 g/mol. The predicted octanol–water partition coefficient (Wildman–Crippen LogP) is 2.17. The van der Waals surface area contributed by atoms with E-state index in [4.69, 9.17) is 9.29 Å². The first-order valence-electron chi connectivity index (χ1n) is 4.51. The molecule has 0 spiro atoms. The molecular formula is C10H6N2O3S. The van der Waals surface area contributed by atoms with Crippen molar-refractivity contribution >= 4 is 18.0 Å². The molecule has 1 aromatic carbocycles. The number of carbonyl (C=O) groups is 1. The van der Waals surface area contributed by atoms with Crippen molar-refractivity contribution in [3.8, 4) is 17.0 Å². The number of hydrogen-bond acceptors (Lipinski definition) is 4. The monoisotopic (exact) mass is 234 g/mol. The van der Waals surface area contributed by atoms with Crippen molar-refractivity contribution in [3.63, 3.8) is 0 Å². The summed E-state index contributed by atoms with van der Waals surface area (Å²) in [4.78, 5) is 11.7. The van der Waals surface area contributed by atoms with Gasteiger partial charge < -0.3 is 9.29 Å². The Morgan fingerprint density at radius 1 is 1.50 bits per heavy atom. The Morgan fingerprint density at radius 2 is 2.38 bits per heavy atom. The Labute approximate surface area is 94.6 Å². The molecule has 2 aromatic rings. The zero-order valence-electron chi connectivity index (χ0n) is 7.93. The summed E-state index contributed by atoms with van der Waals surface area (Å²) in [5.74, 6) is -0.311. The van der Waals surface area contributed by atoms with Crippen LogP contribution in [-0.4, -0.2) is 21.3 Å². The van der Waals surface area contributed by atoms with E-state index >= 15 is 0 Å². The Kier molecular flexibility index (Phi) is 1.90. The van der Waals surface area contributed by atoms with Crippen molar-refractivity contribution in [2.45, 2.75) is 4.90 Å². The predicted molar refractivity (Wildman–Crippen MR) is 57.5 cm³/mol. The van der Waals surface area contributed by atoms with Crippen LogP contribution < -0.4 is 4.18 Å². The number of nitrogens with one attached hydrogen (secondary N) is 1. The van der Waals surface area contributed by atoms with E-state index in [9.17, 15) is 4.79 Å². The van der Waals surface area contributed by atoms with Crippen molar-refractivity contribution in [2.24, 2.45) is 0 Å². The molecule has 0 fully saturated rings. The fourth-order valence-electron chi connectivity index (χ4n) is 1.55. The van der Waals surface area contributed by atoms with Crippen molar-refractivity contribution in [1.29, 1.82) is 0 Å².